The molecule has 0 aliphatic carbocycles. The van der Waals surface area contributed by atoms with Crippen molar-refractivity contribution in [2.45, 2.75) is 30.8 Å². The van der Waals surface area contributed by atoms with E-state index < -0.39 is 18.1 Å². The highest BCUT2D eigenvalue weighted by Gasteiger charge is 2.44. The lowest BCUT2D eigenvalue weighted by atomic mass is 9.97. The fourth-order valence-corrected chi connectivity index (χ4v) is 4.01. The first-order valence-corrected chi connectivity index (χ1v) is 9.58. The number of likely N-dealkylation sites (N-methyl/N-ethyl adjacent to an activating group) is 1. The summed E-state index contributed by atoms with van der Waals surface area (Å²) in [6, 6.07) is 7.94. The minimum absolute atomic E-state index is 0.0480. The van der Waals surface area contributed by atoms with Crippen molar-refractivity contribution in [2.75, 3.05) is 7.05 Å². The van der Waals surface area contributed by atoms with Gasteiger partial charge in [0.05, 0.1) is 29.8 Å². The van der Waals surface area contributed by atoms with Gasteiger partial charge in [-0.25, -0.2) is 13.5 Å². The summed E-state index contributed by atoms with van der Waals surface area (Å²) >= 11 is 0. The van der Waals surface area contributed by atoms with E-state index in [1.807, 2.05) is 24.1 Å². The normalized spacial score (nSPS) is 25.6. The maximum Gasteiger partial charge on any atom is 0.233 e. The molecule has 5 rings (SSSR count). The molecule has 4 atom stereocenters. The summed E-state index contributed by atoms with van der Waals surface area (Å²) in [4.78, 5) is 2.00. The topological polar surface area (TPSA) is 76.3 Å². The Morgan fingerprint density at radius 1 is 1.17 bits per heavy atom. The Hall–Kier alpha value is -3.33. The predicted octanol–water partition coefficient (Wildman–Crippen LogP) is 2.90. The van der Waals surface area contributed by atoms with Gasteiger partial charge in [-0.3, -0.25) is 4.90 Å². The lowest BCUT2D eigenvalue weighted by molar-refractivity contribution is -0.00563. The number of ether oxygens (including phenoxy) is 1. The van der Waals surface area contributed by atoms with Crippen LogP contribution in [0, 0.1) is 5.82 Å². The van der Waals surface area contributed by atoms with Gasteiger partial charge in [0.25, 0.3) is 0 Å². The van der Waals surface area contributed by atoms with E-state index in [1.165, 1.54) is 16.9 Å². The number of halogens is 2. The highest BCUT2D eigenvalue weighted by atomic mass is 19.1. The van der Waals surface area contributed by atoms with E-state index in [9.17, 15) is 13.9 Å². The molecule has 1 N–H and O–H groups in total. The van der Waals surface area contributed by atoms with Gasteiger partial charge in [0.2, 0.25) is 5.88 Å². The lowest BCUT2D eigenvalue weighted by Crippen LogP contribution is -2.53. The number of fused-ring (bicyclic) bond motifs is 2. The van der Waals surface area contributed by atoms with Crippen molar-refractivity contribution in [2.24, 2.45) is 0 Å². The lowest BCUT2D eigenvalue weighted by Gasteiger charge is -2.38. The number of aromatic hydroxyl groups is 1. The van der Waals surface area contributed by atoms with E-state index in [0.717, 1.165) is 6.20 Å². The number of phenolic OH excluding ortho intramolecular Hbond substituents is 1. The van der Waals surface area contributed by atoms with Crippen LogP contribution in [0.15, 0.2) is 54.9 Å². The second-order valence-corrected chi connectivity index (χ2v) is 7.51. The summed E-state index contributed by atoms with van der Waals surface area (Å²) in [5.74, 6) is -0.282. The predicted molar refractivity (Wildman–Crippen MR) is 105 cm³/mol. The van der Waals surface area contributed by atoms with Gasteiger partial charge in [-0.05, 0) is 25.2 Å². The molecule has 30 heavy (non-hydrogen) atoms. The van der Waals surface area contributed by atoms with Gasteiger partial charge in [-0.2, -0.15) is 5.10 Å². The molecule has 1 fully saturated rings. The number of hydrogen-bond donors (Lipinski definition) is 1. The van der Waals surface area contributed by atoms with Crippen molar-refractivity contribution in [1.29, 1.82) is 0 Å². The van der Waals surface area contributed by atoms with E-state index >= 15 is 0 Å². The van der Waals surface area contributed by atoms with Gasteiger partial charge in [-0.1, -0.05) is 12.2 Å². The SMILES string of the molecule is CN1C2C=CC1[C@@H](F)[C@@H](Oc1ccc(-c3ccc(-n4cc(F)cn4)cc3O)nn1)C2. The molecule has 7 nitrogen and oxygen atoms in total. The molecule has 0 amide bonds. The van der Waals surface area contributed by atoms with Gasteiger partial charge in [0, 0.05) is 30.2 Å². The van der Waals surface area contributed by atoms with Gasteiger partial charge in [-0.15, -0.1) is 10.2 Å². The molecule has 0 spiro atoms. The summed E-state index contributed by atoms with van der Waals surface area (Å²) in [5.41, 5.74) is 1.39. The molecule has 2 unspecified atom stereocenters. The number of aromatic nitrogens is 4. The van der Waals surface area contributed by atoms with Crippen molar-refractivity contribution in [3.05, 3.63) is 60.7 Å². The molecular formula is C21H19F2N5O2. The fourth-order valence-electron chi connectivity index (χ4n) is 4.01. The Kier molecular flexibility index (Phi) is 4.47. The molecule has 2 aromatic heterocycles. The summed E-state index contributed by atoms with van der Waals surface area (Å²) in [7, 11) is 1.91. The monoisotopic (exact) mass is 411 g/mol. The number of phenols is 1. The van der Waals surface area contributed by atoms with Gasteiger partial charge < -0.3 is 9.84 Å². The molecule has 2 aliphatic heterocycles. The average molecular weight is 411 g/mol. The van der Waals surface area contributed by atoms with Crippen LogP contribution in [0.5, 0.6) is 11.6 Å². The van der Waals surface area contributed by atoms with Crippen LogP contribution in [0.2, 0.25) is 0 Å². The van der Waals surface area contributed by atoms with Crippen molar-refractivity contribution >= 4 is 0 Å². The van der Waals surface area contributed by atoms with Crippen LogP contribution in [-0.4, -0.2) is 61.4 Å². The molecule has 154 valence electrons. The zero-order valence-electron chi connectivity index (χ0n) is 16.1. The molecule has 3 aromatic rings. The first-order chi connectivity index (χ1) is 14.5. The molecule has 0 radical (unpaired) electrons. The van der Waals surface area contributed by atoms with Crippen LogP contribution in [-0.2, 0) is 0 Å². The molecular weight excluding hydrogens is 392 g/mol. The highest BCUT2D eigenvalue weighted by molar-refractivity contribution is 5.68. The fraction of sp³-hybridized carbons (Fsp3) is 0.286. The quantitative estimate of drug-likeness (QED) is 0.666. The minimum atomic E-state index is -1.14. The summed E-state index contributed by atoms with van der Waals surface area (Å²) < 4.78 is 35.0. The average Bonchev–Trinajstić information content (AvgIpc) is 3.28. The van der Waals surface area contributed by atoms with Crippen LogP contribution in [0.4, 0.5) is 8.78 Å². The molecule has 1 saturated heterocycles. The molecule has 2 aliphatic rings. The third-order valence-corrected chi connectivity index (χ3v) is 5.66. The van der Waals surface area contributed by atoms with Crippen LogP contribution in [0.1, 0.15) is 6.42 Å². The highest BCUT2D eigenvalue weighted by Crippen LogP contribution is 2.34. The summed E-state index contributed by atoms with van der Waals surface area (Å²) in [6.45, 7) is 0. The van der Waals surface area contributed by atoms with Crippen molar-refractivity contribution in [3.63, 3.8) is 0 Å². The van der Waals surface area contributed by atoms with Crippen molar-refractivity contribution in [3.8, 4) is 28.6 Å². The van der Waals surface area contributed by atoms with Crippen molar-refractivity contribution < 1.29 is 18.6 Å². The smallest absolute Gasteiger partial charge is 0.233 e. The Balaban J connectivity index is 1.32. The van der Waals surface area contributed by atoms with E-state index in [2.05, 4.69) is 15.3 Å². The van der Waals surface area contributed by atoms with Crippen LogP contribution < -0.4 is 4.74 Å². The second-order valence-electron chi connectivity index (χ2n) is 7.51. The summed E-state index contributed by atoms with van der Waals surface area (Å²) in [5, 5.41) is 22.4. The minimum Gasteiger partial charge on any atom is -0.507 e. The number of nitrogens with zero attached hydrogens (tertiary/aromatic N) is 5. The third-order valence-electron chi connectivity index (χ3n) is 5.66. The number of benzene rings is 1. The second kappa shape index (κ2) is 7.17. The standard InChI is InChI=1S/C21H19F2N5O2/c1-27-13-3-6-17(27)21(23)19(9-13)30-20-7-5-16(25-26-20)15-4-2-14(8-18(15)29)28-11-12(22)10-24-28/h2-8,10-11,13,17,19,21,29H,9H2,1H3/t13?,17?,19-,21+/m0/s1. The van der Waals surface area contributed by atoms with Gasteiger partial charge >= 0.3 is 0 Å². The Bertz CT molecular complexity index is 1100. The van der Waals surface area contributed by atoms with E-state index in [-0.39, 0.29) is 23.7 Å². The largest absolute Gasteiger partial charge is 0.507 e. The first-order valence-electron chi connectivity index (χ1n) is 9.58. The number of piperidine rings is 1. The van der Waals surface area contributed by atoms with Crippen LogP contribution in [0.3, 0.4) is 0 Å². The van der Waals surface area contributed by atoms with Crippen molar-refractivity contribution in [1.82, 2.24) is 24.9 Å². The number of rotatable bonds is 4. The Morgan fingerprint density at radius 2 is 2.03 bits per heavy atom. The number of alkyl halides is 1. The maximum absolute atomic E-state index is 14.7. The zero-order valence-corrected chi connectivity index (χ0v) is 16.1. The summed E-state index contributed by atoms with van der Waals surface area (Å²) in [6.07, 6.45) is 5.01. The van der Waals surface area contributed by atoms with Crippen LogP contribution >= 0.6 is 0 Å². The number of hydrogen-bond acceptors (Lipinski definition) is 6. The van der Waals surface area contributed by atoms with E-state index in [1.54, 1.807) is 24.3 Å². The van der Waals surface area contributed by atoms with E-state index in [4.69, 9.17) is 4.74 Å². The first kappa shape index (κ1) is 18.7. The Labute approximate surface area is 171 Å². The zero-order chi connectivity index (χ0) is 20.8. The third kappa shape index (κ3) is 3.21. The van der Waals surface area contributed by atoms with Gasteiger partial charge in [0.15, 0.2) is 12.0 Å². The molecule has 1 aromatic carbocycles. The molecule has 9 heteroatoms. The van der Waals surface area contributed by atoms with Crippen LogP contribution in [0.25, 0.3) is 16.9 Å². The van der Waals surface area contributed by atoms with E-state index in [0.29, 0.717) is 23.4 Å². The maximum atomic E-state index is 14.7. The Morgan fingerprint density at radius 3 is 2.73 bits per heavy atom. The molecule has 2 bridgehead atoms. The van der Waals surface area contributed by atoms with Gasteiger partial charge in [0.1, 0.15) is 11.9 Å². The molecule has 4 heterocycles. The molecule has 0 saturated carbocycles.